The fourth-order valence-electron chi connectivity index (χ4n) is 5.12. The molecule has 0 bridgehead atoms. The van der Waals surface area contributed by atoms with Crippen molar-refractivity contribution in [2.45, 2.75) is 36.7 Å². The lowest BCUT2D eigenvalue weighted by atomic mass is 9.99. The molecular formula is C31H29N3O12. The molecule has 6 rings (SSSR count). The van der Waals surface area contributed by atoms with Crippen LogP contribution in [0.25, 0.3) is 33.0 Å². The summed E-state index contributed by atoms with van der Waals surface area (Å²) in [5.41, 5.74) is 1.43. The van der Waals surface area contributed by atoms with Crippen molar-refractivity contribution in [3.8, 4) is 22.6 Å². The molecule has 6 atom stereocenters. The lowest BCUT2D eigenvalue weighted by Gasteiger charge is -2.41. The second-order valence-corrected chi connectivity index (χ2v) is 10.6. The van der Waals surface area contributed by atoms with Gasteiger partial charge in [0.25, 0.3) is 0 Å². The van der Waals surface area contributed by atoms with Crippen LogP contribution in [0.3, 0.4) is 0 Å². The number of aromatic hydroxyl groups is 1. The fourth-order valence-corrected chi connectivity index (χ4v) is 5.12. The minimum absolute atomic E-state index is 0.0535. The van der Waals surface area contributed by atoms with Crippen LogP contribution in [0.1, 0.15) is 0 Å². The van der Waals surface area contributed by atoms with E-state index in [4.69, 9.17) is 23.5 Å². The van der Waals surface area contributed by atoms with E-state index in [9.17, 15) is 34.8 Å². The number of nitrogens with zero attached hydrogens (tertiary/aromatic N) is 1. The summed E-state index contributed by atoms with van der Waals surface area (Å²) < 4.78 is 24.1. The molecule has 0 saturated carbocycles. The third-order valence-electron chi connectivity index (χ3n) is 7.56. The van der Waals surface area contributed by atoms with Gasteiger partial charge in [0.05, 0.1) is 28.9 Å². The topological polar surface area (TPSA) is 215 Å². The Kier molecular flexibility index (Phi) is 8.38. The number of fused-ring (bicyclic) bond motifs is 2. The van der Waals surface area contributed by atoms with Crippen molar-refractivity contribution in [3.05, 3.63) is 83.6 Å². The third kappa shape index (κ3) is 5.99. The summed E-state index contributed by atoms with van der Waals surface area (Å²) in [6, 6.07) is 10.6. The average Bonchev–Trinajstić information content (AvgIpc) is 3.63. The molecule has 6 N–H and O–H groups in total. The molecule has 2 aromatic carbocycles. The van der Waals surface area contributed by atoms with Crippen molar-refractivity contribution in [3.63, 3.8) is 0 Å². The smallest absolute Gasteiger partial charge is 0.334 e. The van der Waals surface area contributed by atoms with Gasteiger partial charge in [0.1, 0.15) is 48.3 Å². The number of benzene rings is 2. The van der Waals surface area contributed by atoms with Crippen molar-refractivity contribution in [1.29, 1.82) is 0 Å². The van der Waals surface area contributed by atoms with E-state index < -0.39 is 55.3 Å². The zero-order valence-corrected chi connectivity index (χ0v) is 24.1. The molecular weight excluding hydrogens is 606 g/mol. The van der Waals surface area contributed by atoms with E-state index in [-0.39, 0.29) is 33.5 Å². The second-order valence-electron chi connectivity index (χ2n) is 10.6. The number of aromatic amines is 1. The molecule has 1 saturated heterocycles. The maximum Gasteiger partial charge on any atom is 0.334 e. The van der Waals surface area contributed by atoms with Crippen LogP contribution in [-0.4, -0.2) is 92.5 Å². The predicted molar refractivity (Wildman–Crippen MR) is 159 cm³/mol. The number of ether oxygens (including phenoxy) is 3. The minimum atomic E-state index is -1.66. The Morgan fingerprint density at radius 3 is 2.59 bits per heavy atom. The summed E-state index contributed by atoms with van der Waals surface area (Å²) in [5.74, 6) is -2.40. The predicted octanol–water partition coefficient (Wildman–Crippen LogP) is 0.987. The number of rotatable bonds is 10. The van der Waals surface area contributed by atoms with Crippen molar-refractivity contribution in [2.24, 2.45) is 0 Å². The largest absolute Gasteiger partial charge is 0.508 e. The molecule has 46 heavy (non-hydrogen) atoms. The number of carbonyl (C=O) groups excluding carboxylic acids is 1. The number of phenols is 1. The molecule has 15 nitrogen and oxygen atoms in total. The molecule has 5 aromatic rings. The first-order chi connectivity index (χ1) is 22.1. The zero-order chi connectivity index (χ0) is 32.5. The summed E-state index contributed by atoms with van der Waals surface area (Å²) >= 11 is 0. The maximum absolute atomic E-state index is 13.2. The van der Waals surface area contributed by atoms with Gasteiger partial charge in [-0.15, -0.1) is 0 Å². The van der Waals surface area contributed by atoms with Crippen LogP contribution >= 0.6 is 0 Å². The van der Waals surface area contributed by atoms with Gasteiger partial charge in [-0.2, -0.15) is 4.73 Å². The second kappa shape index (κ2) is 12.6. The van der Waals surface area contributed by atoms with Crippen molar-refractivity contribution < 1.29 is 53.5 Å². The first kappa shape index (κ1) is 30.7. The summed E-state index contributed by atoms with van der Waals surface area (Å²) in [6.45, 7) is -0.617. The average molecular weight is 636 g/mol. The van der Waals surface area contributed by atoms with Crippen LogP contribution in [0.5, 0.6) is 11.5 Å². The number of carboxylic acid groups (broad SMARTS) is 1. The van der Waals surface area contributed by atoms with Gasteiger partial charge in [0.15, 0.2) is 5.43 Å². The number of hydrogen-bond acceptors (Lipinski definition) is 12. The van der Waals surface area contributed by atoms with Gasteiger partial charge in [0.2, 0.25) is 18.4 Å². The van der Waals surface area contributed by atoms with Gasteiger partial charge in [0, 0.05) is 17.6 Å². The number of aliphatic hydroxyl groups excluding tert-OH is 2. The van der Waals surface area contributed by atoms with Crippen LogP contribution in [-0.2, 0) is 19.1 Å². The van der Waals surface area contributed by atoms with E-state index in [0.717, 1.165) is 10.9 Å². The molecule has 0 unspecified atom stereocenters. The Balaban J connectivity index is 1.27. The van der Waals surface area contributed by atoms with E-state index in [1.165, 1.54) is 48.4 Å². The number of H-pyrrole nitrogens is 1. The molecule has 0 spiro atoms. The molecule has 3 aromatic heterocycles. The van der Waals surface area contributed by atoms with Crippen LogP contribution in [0.15, 0.2) is 82.6 Å². The van der Waals surface area contributed by atoms with Gasteiger partial charge in [-0.1, -0.05) is 12.1 Å². The first-order valence-corrected chi connectivity index (χ1v) is 14.0. The highest BCUT2D eigenvalue weighted by molar-refractivity contribution is 5.98. The molecule has 1 aliphatic rings. The van der Waals surface area contributed by atoms with Gasteiger partial charge >= 0.3 is 11.9 Å². The van der Waals surface area contributed by atoms with Crippen LogP contribution in [0.4, 0.5) is 0 Å². The molecule has 1 fully saturated rings. The maximum atomic E-state index is 13.2. The molecule has 0 radical (unpaired) electrons. The van der Waals surface area contributed by atoms with E-state index in [2.05, 4.69) is 10.3 Å². The van der Waals surface area contributed by atoms with Gasteiger partial charge in [-0.05, 0) is 42.9 Å². The zero-order valence-electron chi connectivity index (χ0n) is 24.1. The monoisotopic (exact) mass is 635 g/mol. The Hall–Kier alpha value is -5.35. The number of aromatic nitrogens is 2. The van der Waals surface area contributed by atoms with Crippen molar-refractivity contribution in [1.82, 2.24) is 15.0 Å². The Labute approximate surface area is 259 Å². The third-order valence-corrected chi connectivity index (χ3v) is 7.56. The Bertz CT molecular complexity index is 1900. The van der Waals surface area contributed by atoms with Gasteiger partial charge in [-0.3, -0.25) is 10.1 Å². The standard InChI is InChI=1S/C31H29N3O12/c1-32-24(29(39)40)30(41)43-14-23-26(37)27(38)28(46-34-11-16-8-9-33-21(16)12-34)31(45-23)44-18-6-7-19-22(10-18)42-13-20(25(19)36)15-2-4-17(35)5-3-15/h2-13,23-24,26-28,31-33,35,37-38H,14H2,1H3,(H,39,40)/t23-,24+,26-,27+,28-,31-/m0/s1. The number of hydrogen-bond donors (Lipinski definition) is 6. The molecule has 0 aliphatic carbocycles. The number of aliphatic hydroxyl groups is 2. The van der Waals surface area contributed by atoms with E-state index >= 15 is 0 Å². The Morgan fingerprint density at radius 1 is 1.09 bits per heavy atom. The Morgan fingerprint density at radius 2 is 1.87 bits per heavy atom. The van der Waals surface area contributed by atoms with Crippen molar-refractivity contribution in [2.75, 3.05) is 13.7 Å². The molecule has 15 heteroatoms. The summed E-state index contributed by atoms with van der Waals surface area (Å²) in [7, 11) is 1.27. The molecule has 0 amide bonds. The number of esters is 1. The highest BCUT2D eigenvalue weighted by Gasteiger charge is 2.49. The van der Waals surface area contributed by atoms with E-state index in [1.54, 1.807) is 30.7 Å². The fraction of sp³-hybridized carbons (Fsp3) is 0.258. The number of nitrogens with one attached hydrogen (secondary N) is 2. The van der Waals surface area contributed by atoms with Crippen molar-refractivity contribution >= 4 is 33.8 Å². The highest BCUT2D eigenvalue weighted by Crippen LogP contribution is 2.29. The number of carboxylic acids is 1. The molecule has 240 valence electrons. The SMILES string of the molecule is CN[C@H](C(=O)O)C(=O)OC[C@@H]1O[C@H](Oc2ccc3c(=O)c(-c4ccc(O)cc4)coc3c2)[C@@H](On2cc3cc[nH]c3c2)[C@H](O)[C@H]1O. The number of aliphatic carboxylic acids is 1. The van der Waals surface area contributed by atoms with Gasteiger partial charge < -0.3 is 48.9 Å². The summed E-state index contributed by atoms with van der Waals surface area (Å²) in [4.78, 5) is 45.8. The quantitative estimate of drug-likeness (QED) is 0.0934. The first-order valence-electron chi connectivity index (χ1n) is 14.0. The highest BCUT2D eigenvalue weighted by atomic mass is 16.7. The summed E-state index contributed by atoms with van der Waals surface area (Å²) in [6.07, 6.45) is -1.08. The van der Waals surface area contributed by atoms with E-state index in [1.807, 2.05) is 6.07 Å². The number of phenolic OH excluding ortho intramolecular Hbond substituents is 1. The van der Waals surface area contributed by atoms with Crippen LogP contribution in [0, 0.1) is 0 Å². The van der Waals surface area contributed by atoms with Crippen LogP contribution in [0.2, 0.25) is 0 Å². The minimum Gasteiger partial charge on any atom is -0.508 e. The number of carbonyl (C=O) groups is 2. The molecule has 4 heterocycles. The number of likely N-dealkylation sites (N-methyl/N-ethyl adjacent to an activating group) is 1. The van der Waals surface area contributed by atoms with E-state index in [0.29, 0.717) is 5.56 Å². The lowest BCUT2D eigenvalue weighted by molar-refractivity contribution is -0.288. The van der Waals surface area contributed by atoms with Crippen LogP contribution < -0.4 is 20.3 Å². The molecule has 1 aliphatic heterocycles. The lowest BCUT2D eigenvalue weighted by Crippen LogP contribution is -2.63. The summed E-state index contributed by atoms with van der Waals surface area (Å²) in [5, 5.41) is 44.2. The van der Waals surface area contributed by atoms with Gasteiger partial charge in [-0.25, -0.2) is 9.59 Å². The normalized spacial score (nSPS) is 22.0.